The highest BCUT2D eigenvalue weighted by Crippen LogP contribution is 2.09. The molecule has 1 rings (SSSR count). The van der Waals surface area contributed by atoms with Gasteiger partial charge in [-0.3, -0.25) is 9.59 Å². The van der Waals surface area contributed by atoms with Gasteiger partial charge in [0.05, 0.1) is 6.42 Å². The van der Waals surface area contributed by atoms with E-state index < -0.39 is 12.0 Å². The van der Waals surface area contributed by atoms with E-state index in [1.807, 2.05) is 0 Å². The average Bonchev–Trinajstić information content (AvgIpc) is 2.21. The Morgan fingerprint density at radius 2 is 1.94 bits per heavy atom. The molecule has 1 aromatic rings. The molecule has 1 amide bonds. The second-order valence-corrected chi connectivity index (χ2v) is 3.87. The number of rotatable bonds is 4. The van der Waals surface area contributed by atoms with Gasteiger partial charge in [-0.25, -0.2) is 0 Å². The predicted octanol–water partition coefficient (Wildman–Crippen LogP) is 1.47. The summed E-state index contributed by atoms with van der Waals surface area (Å²) in [5, 5.41) is 11.6. The summed E-state index contributed by atoms with van der Waals surface area (Å²) in [7, 11) is 0. The summed E-state index contributed by atoms with van der Waals surface area (Å²) < 4.78 is 0. The lowest BCUT2D eigenvalue weighted by molar-refractivity contribution is -0.141. The standard InChI is InChI=1S/C11H12ClNO3/c1-7(11(15)16)13-10(14)6-8-2-4-9(12)5-3-8/h2-5,7H,6H2,1H3,(H,13,14)(H,15,16)/t7-/m0/s1. The van der Waals surface area contributed by atoms with Gasteiger partial charge in [-0.05, 0) is 24.6 Å². The van der Waals surface area contributed by atoms with Crippen molar-refractivity contribution in [1.82, 2.24) is 5.32 Å². The highest BCUT2D eigenvalue weighted by Gasteiger charge is 2.13. The van der Waals surface area contributed by atoms with Crippen LogP contribution >= 0.6 is 11.6 Å². The van der Waals surface area contributed by atoms with E-state index in [0.29, 0.717) is 5.02 Å². The van der Waals surface area contributed by atoms with Crippen molar-refractivity contribution in [2.24, 2.45) is 0 Å². The quantitative estimate of drug-likeness (QED) is 0.839. The smallest absolute Gasteiger partial charge is 0.325 e. The van der Waals surface area contributed by atoms with Crippen molar-refractivity contribution in [2.45, 2.75) is 19.4 Å². The van der Waals surface area contributed by atoms with Crippen LogP contribution in [0.5, 0.6) is 0 Å². The van der Waals surface area contributed by atoms with Gasteiger partial charge in [-0.1, -0.05) is 23.7 Å². The number of amides is 1. The van der Waals surface area contributed by atoms with Crippen LogP contribution in [-0.2, 0) is 16.0 Å². The molecule has 0 aliphatic heterocycles. The molecule has 1 aromatic carbocycles. The van der Waals surface area contributed by atoms with Gasteiger partial charge < -0.3 is 10.4 Å². The van der Waals surface area contributed by atoms with E-state index in [1.54, 1.807) is 24.3 Å². The summed E-state index contributed by atoms with van der Waals surface area (Å²) in [4.78, 5) is 21.9. The summed E-state index contributed by atoms with van der Waals surface area (Å²) in [5.41, 5.74) is 0.791. The summed E-state index contributed by atoms with van der Waals surface area (Å²) in [6.45, 7) is 1.42. The number of carbonyl (C=O) groups is 2. The van der Waals surface area contributed by atoms with Gasteiger partial charge in [-0.2, -0.15) is 0 Å². The van der Waals surface area contributed by atoms with E-state index in [-0.39, 0.29) is 12.3 Å². The molecule has 0 saturated carbocycles. The lowest BCUT2D eigenvalue weighted by Gasteiger charge is -2.08. The van der Waals surface area contributed by atoms with Gasteiger partial charge in [0.15, 0.2) is 0 Å². The largest absolute Gasteiger partial charge is 0.480 e. The minimum Gasteiger partial charge on any atom is -0.480 e. The number of aliphatic carboxylic acids is 1. The zero-order chi connectivity index (χ0) is 12.1. The molecule has 4 nitrogen and oxygen atoms in total. The van der Waals surface area contributed by atoms with E-state index in [0.717, 1.165) is 5.56 Å². The molecule has 2 N–H and O–H groups in total. The first-order valence-electron chi connectivity index (χ1n) is 4.75. The third kappa shape index (κ3) is 3.90. The van der Waals surface area contributed by atoms with Crippen molar-refractivity contribution < 1.29 is 14.7 Å². The van der Waals surface area contributed by atoms with Crippen LogP contribution in [0, 0.1) is 0 Å². The maximum Gasteiger partial charge on any atom is 0.325 e. The third-order valence-corrected chi connectivity index (χ3v) is 2.28. The van der Waals surface area contributed by atoms with E-state index in [1.165, 1.54) is 6.92 Å². The fourth-order valence-corrected chi connectivity index (χ4v) is 1.27. The fourth-order valence-electron chi connectivity index (χ4n) is 1.14. The second-order valence-electron chi connectivity index (χ2n) is 3.43. The van der Waals surface area contributed by atoms with Gasteiger partial charge in [-0.15, -0.1) is 0 Å². The normalized spacial score (nSPS) is 11.9. The lowest BCUT2D eigenvalue weighted by Crippen LogP contribution is -2.39. The first kappa shape index (κ1) is 12.5. The van der Waals surface area contributed by atoms with E-state index in [9.17, 15) is 9.59 Å². The Hall–Kier alpha value is -1.55. The molecule has 0 bridgehead atoms. The molecular weight excluding hydrogens is 230 g/mol. The molecular formula is C11H12ClNO3. The Morgan fingerprint density at radius 3 is 2.44 bits per heavy atom. The fraction of sp³-hybridized carbons (Fsp3) is 0.273. The van der Waals surface area contributed by atoms with Gasteiger partial charge in [0, 0.05) is 5.02 Å². The number of nitrogens with one attached hydrogen (secondary N) is 1. The molecule has 0 heterocycles. The van der Waals surface area contributed by atoms with E-state index in [2.05, 4.69) is 5.32 Å². The highest BCUT2D eigenvalue weighted by molar-refractivity contribution is 6.30. The zero-order valence-corrected chi connectivity index (χ0v) is 9.49. The number of hydrogen-bond acceptors (Lipinski definition) is 2. The first-order valence-corrected chi connectivity index (χ1v) is 5.13. The zero-order valence-electron chi connectivity index (χ0n) is 8.74. The Morgan fingerprint density at radius 1 is 1.38 bits per heavy atom. The maximum atomic E-state index is 11.4. The molecule has 86 valence electrons. The minimum absolute atomic E-state index is 0.148. The predicted molar refractivity (Wildman–Crippen MR) is 60.4 cm³/mol. The van der Waals surface area contributed by atoms with Crippen LogP contribution in [0.15, 0.2) is 24.3 Å². The van der Waals surface area contributed by atoms with Crippen LogP contribution in [0.2, 0.25) is 5.02 Å². The molecule has 0 aliphatic rings. The number of carboxylic acid groups (broad SMARTS) is 1. The number of benzene rings is 1. The summed E-state index contributed by atoms with van der Waals surface area (Å²) >= 11 is 5.70. The maximum absolute atomic E-state index is 11.4. The topological polar surface area (TPSA) is 66.4 Å². The molecule has 0 spiro atoms. The van der Waals surface area contributed by atoms with Crippen molar-refractivity contribution in [3.05, 3.63) is 34.9 Å². The Labute approximate surface area is 98.2 Å². The lowest BCUT2D eigenvalue weighted by atomic mass is 10.1. The third-order valence-electron chi connectivity index (χ3n) is 2.03. The molecule has 0 unspecified atom stereocenters. The summed E-state index contributed by atoms with van der Waals surface area (Å²) in [6, 6.07) is 5.95. The SMILES string of the molecule is C[C@H](NC(=O)Cc1ccc(Cl)cc1)C(=O)O. The Kier molecular flexibility index (Phi) is 4.31. The number of halogens is 1. The summed E-state index contributed by atoms with van der Waals surface area (Å²) in [5.74, 6) is -1.37. The van der Waals surface area contributed by atoms with Gasteiger partial charge in [0.1, 0.15) is 6.04 Å². The van der Waals surface area contributed by atoms with Crippen molar-refractivity contribution in [1.29, 1.82) is 0 Å². The molecule has 1 atom stereocenters. The van der Waals surface area contributed by atoms with Gasteiger partial charge in [0.2, 0.25) is 5.91 Å². The van der Waals surface area contributed by atoms with Crippen LogP contribution < -0.4 is 5.32 Å². The van der Waals surface area contributed by atoms with Crippen molar-refractivity contribution in [3.8, 4) is 0 Å². The Bertz CT molecular complexity index is 389. The molecule has 0 radical (unpaired) electrons. The van der Waals surface area contributed by atoms with Crippen LogP contribution in [-0.4, -0.2) is 23.0 Å². The molecule has 5 heteroatoms. The van der Waals surface area contributed by atoms with Crippen LogP contribution in [0.1, 0.15) is 12.5 Å². The van der Waals surface area contributed by atoms with Crippen LogP contribution in [0.3, 0.4) is 0 Å². The Balaban J connectivity index is 2.52. The molecule has 0 saturated heterocycles. The monoisotopic (exact) mass is 241 g/mol. The van der Waals surface area contributed by atoms with Gasteiger partial charge in [0.25, 0.3) is 0 Å². The number of carboxylic acids is 1. The van der Waals surface area contributed by atoms with E-state index >= 15 is 0 Å². The van der Waals surface area contributed by atoms with Gasteiger partial charge >= 0.3 is 5.97 Å². The number of carbonyl (C=O) groups excluding carboxylic acids is 1. The molecule has 16 heavy (non-hydrogen) atoms. The van der Waals surface area contributed by atoms with Crippen molar-refractivity contribution >= 4 is 23.5 Å². The first-order chi connectivity index (χ1) is 7.49. The average molecular weight is 242 g/mol. The van der Waals surface area contributed by atoms with Crippen LogP contribution in [0.25, 0.3) is 0 Å². The minimum atomic E-state index is -1.05. The molecule has 0 aromatic heterocycles. The molecule has 0 fully saturated rings. The van der Waals surface area contributed by atoms with E-state index in [4.69, 9.17) is 16.7 Å². The van der Waals surface area contributed by atoms with Crippen molar-refractivity contribution in [2.75, 3.05) is 0 Å². The number of hydrogen-bond donors (Lipinski definition) is 2. The molecule has 0 aliphatic carbocycles. The summed E-state index contributed by atoms with van der Waals surface area (Å²) in [6.07, 6.45) is 0.148. The van der Waals surface area contributed by atoms with Crippen molar-refractivity contribution in [3.63, 3.8) is 0 Å². The van der Waals surface area contributed by atoms with Crippen LogP contribution in [0.4, 0.5) is 0 Å². The second kappa shape index (κ2) is 5.51. The highest BCUT2D eigenvalue weighted by atomic mass is 35.5.